The van der Waals surface area contributed by atoms with E-state index in [-0.39, 0.29) is 0 Å². The highest BCUT2D eigenvalue weighted by atomic mass is 16.5. The van der Waals surface area contributed by atoms with E-state index in [0.717, 1.165) is 18.5 Å². The molecule has 16 heavy (non-hydrogen) atoms. The SMILES string of the molecule is CCC(C)N(CCOC)CC(C)=CC(=O)O. The zero-order valence-electron chi connectivity index (χ0n) is 10.7. The van der Waals surface area contributed by atoms with Crippen molar-refractivity contribution in [3.8, 4) is 0 Å². The summed E-state index contributed by atoms with van der Waals surface area (Å²) >= 11 is 0. The zero-order valence-corrected chi connectivity index (χ0v) is 10.7. The first-order valence-corrected chi connectivity index (χ1v) is 5.64. The largest absolute Gasteiger partial charge is 0.478 e. The zero-order chi connectivity index (χ0) is 12.6. The molecule has 0 aliphatic rings. The highest BCUT2D eigenvalue weighted by molar-refractivity contribution is 5.80. The van der Waals surface area contributed by atoms with Crippen LogP contribution in [0.15, 0.2) is 11.6 Å². The average molecular weight is 229 g/mol. The van der Waals surface area contributed by atoms with Crippen LogP contribution in [0.2, 0.25) is 0 Å². The molecule has 1 N–H and O–H groups in total. The summed E-state index contributed by atoms with van der Waals surface area (Å²) in [5.41, 5.74) is 0.865. The van der Waals surface area contributed by atoms with Gasteiger partial charge in [0, 0.05) is 32.3 Å². The predicted octanol–water partition coefficient (Wildman–Crippen LogP) is 1.76. The molecule has 0 saturated carbocycles. The van der Waals surface area contributed by atoms with Crippen LogP contribution in [0.4, 0.5) is 0 Å². The summed E-state index contributed by atoms with van der Waals surface area (Å²) in [6.07, 6.45) is 2.31. The summed E-state index contributed by atoms with van der Waals surface area (Å²) in [6, 6.07) is 0.437. The molecule has 0 radical (unpaired) electrons. The van der Waals surface area contributed by atoms with Crippen LogP contribution in [0.3, 0.4) is 0 Å². The van der Waals surface area contributed by atoms with Crippen molar-refractivity contribution in [1.29, 1.82) is 0 Å². The van der Waals surface area contributed by atoms with E-state index in [0.29, 0.717) is 19.2 Å². The molecule has 0 rings (SSSR count). The standard InChI is InChI=1S/C12H23NO3/c1-5-11(3)13(6-7-16-4)9-10(2)8-12(14)15/h8,11H,5-7,9H2,1-4H3,(H,14,15). The van der Waals surface area contributed by atoms with Crippen molar-refractivity contribution in [2.75, 3.05) is 26.8 Å². The third-order valence-electron chi connectivity index (χ3n) is 2.62. The van der Waals surface area contributed by atoms with E-state index in [1.54, 1.807) is 7.11 Å². The monoisotopic (exact) mass is 229 g/mol. The van der Waals surface area contributed by atoms with E-state index in [2.05, 4.69) is 18.7 Å². The fourth-order valence-electron chi connectivity index (χ4n) is 1.50. The number of hydrogen-bond acceptors (Lipinski definition) is 3. The first-order chi connectivity index (χ1) is 7.51. The number of methoxy groups -OCH3 is 1. The van der Waals surface area contributed by atoms with Crippen LogP contribution in [-0.4, -0.2) is 48.8 Å². The average Bonchev–Trinajstić information content (AvgIpc) is 2.21. The van der Waals surface area contributed by atoms with Crippen molar-refractivity contribution in [3.63, 3.8) is 0 Å². The number of carbonyl (C=O) groups is 1. The first-order valence-electron chi connectivity index (χ1n) is 5.64. The van der Waals surface area contributed by atoms with Gasteiger partial charge >= 0.3 is 5.97 Å². The van der Waals surface area contributed by atoms with Gasteiger partial charge in [0.05, 0.1) is 6.61 Å². The molecule has 4 heteroatoms. The Labute approximate surface area is 97.9 Å². The fraction of sp³-hybridized carbons (Fsp3) is 0.750. The summed E-state index contributed by atoms with van der Waals surface area (Å²) < 4.78 is 5.05. The lowest BCUT2D eigenvalue weighted by Crippen LogP contribution is -2.36. The normalized spacial score (nSPS) is 14.2. The van der Waals surface area contributed by atoms with Gasteiger partial charge in [0.25, 0.3) is 0 Å². The van der Waals surface area contributed by atoms with Gasteiger partial charge < -0.3 is 9.84 Å². The number of hydrogen-bond donors (Lipinski definition) is 1. The molecule has 0 aromatic heterocycles. The van der Waals surface area contributed by atoms with Crippen LogP contribution >= 0.6 is 0 Å². The summed E-state index contributed by atoms with van der Waals surface area (Å²) in [4.78, 5) is 12.8. The fourth-order valence-corrected chi connectivity index (χ4v) is 1.50. The number of nitrogens with zero attached hydrogens (tertiary/aromatic N) is 1. The smallest absolute Gasteiger partial charge is 0.328 e. The van der Waals surface area contributed by atoms with Gasteiger partial charge in [0.15, 0.2) is 0 Å². The Hall–Kier alpha value is -0.870. The van der Waals surface area contributed by atoms with Gasteiger partial charge in [-0.05, 0) is 20.3 Å². The molecule has 0 aliphatic carbocycles. The van der Waals surface area contributed by atoms with Crippen molar-refractivity contribution in [2.24, 2.45) is 0 Å². The lowest BCUT2D eigenvalue weighted by Gasteiger charge is -2.28. The molecule has 94 valence electrons. The summed E-state index contributed by atoms with van der Waals surface area (Å²) in [7, 11) is 1.68. The van der Waals surface area contributed by atoms with Crippen LogP contribution in [0.5, 0.6) is 0 Å². The van der Waals surface area contributed by atoms with Gasteiger partial charge in [-0.25, -0.2) is 4.79 Å². The highest BCUT2D eigenvalue weighted by Crippen LogP contribution is 2.07. The van der Waals surface area contributed by atoms with E-state index in [1.807, 2.05) is 6.92 Å². The second-order valence-electron chi connectivity index (χ2n) is 4.05. The van der Waals surface area contributed by atoms with Crippen LogP contribution in [0, 0.1) is 0 Å². The second-order valence-corrected chi connectivity index (χ2v) is 4.05. The molecule has 0 aromatic rings. The minimum absolute atomic E-state index is 0.437. The number of carboxylic acid groups (broad SMARTS) is 1. The molecule has 1 unspecified atom stereocenters. The van der Waals surface area contributed by atoms with Gasteiger partial charge in [-0.15, -0.1) is 0 Å². The minimum atomic E-state index is -0.881. The van der Waals surface area contributed by atoms with Crippen LogP contribution in [0.25, 0.3) is 0 Å². The maximum Gasteiger partial charge on any atom is 0.328 e. The van der Waals surface area contributed by atoms with E-state index in [1.165, 1.54) is 6.08 Å². The quantitative estimate of drug-likeness (QED) is 0.644. The molecule has 0 aromatic carbocycles. The molecular weight excluding hydrogens is 206 g/mol. The predicted molar refractivity (Wildman–Crippen MR) is 64.6 cm³/mol. The van der Waals surface area contributed by atoms with Crippen molar-refractivity contribution in [2.45, 2.75) is 33.2 Å². The van der Waals surface area contributed by atoms with Crippen molar-refractivity contribution >= 4 is 5.97 Å². The van der Waals surface area contributed by atoms with Crippen molar-refractivity contribution < 1.29 is 14.6 Å². The maximum atomic E-state index is 10.5. The Morgan fingerprint density at radius 2 is 2.19 bits per heavy atom. The topological polar surface area (TPSA) is 49.8 Å². The molecule has 4 nitrogen and oxygen atoms in total. The molecule has 0 spiro atoms. The van der Waals surface area contributed by atoms with E-state index < -0.39 is 5.97 Å². The lowest BCUT2D eigenvalue weighted by molar-refractivity contribution is -0.131. The summed E-state index contributed by atoms with van der Waals surface area (Å²) in [5.74, 6) is -0.881. The van der Waals surface area contributed by atoms with Gasteiger partial charge in [0.2, 0.25) is 0 Å². The molecule has 0 fully saturated rings. The Balaban J connectivity index is 4.35. The molecule has 0 amide bonds. The number of ether oxygens (including phenoxy) is 1. The Bertz CT molecular complexity index is 238. The summed E-state index contributed by atoms with van der Waals surface area (Å²) in [5, 5.41) is 8.65. The number of aliphatic carboxylic acids is 1. The molecule has 0 aliphatic heterocycles. The van der Waals surface area contributed by atoms with E-state index >= 15 is 0 Å². The van der Waals surface area contributed by atoms with Crippen LogP contribution in [-0.2, 0) is 9.53 Å². The van der Waals surface area contributed by atoms with Gasteiger partial charge in [0.1, 0.15) is 0 Å². The van der Waals surface area contributed by atoms with Crippen LogP contribution in [0.1, 0.15) is 27.2 Å². The minimum Gasteiger partial charge on any atom is -0.478 e. The first kappa shape index (κ1) is 15.1. The Morgan fingerprint density at radius 1 is 1.56 bits per heavy atom. The molecule has 1 atom stereocenters. The molecule has 0 heterocycles. The third-order valence-corrected chi connectivity index (χ3v) is 2.62. The Morgan fingerprint density at radius 3 is 2.62 bits per heavy atom. The molecular formula is C12H23NO3. The number of rotatable bonds is 8. The lowest BCUT2D eigenvalue weighted by atomic mass is 10.2. The number of carboxylic acids is 1. The van der Waals surface area contributed by atoms with Gasteiger partial charge in [-0.2, -0.15) is 0 Å². The summed E-state index contributed by atoms with van der Waals surface area (Å²) in [6.45, 7) is 8.30. The maximum absolute atomic E-state index is 10.5. The van der Waals surface area contributed by atoms with E-state index in [9.17, 15) is 4.79 Å². The second kappa shape index (κ2) is 8.30. The van der Waals surface area contributed by atoms with Crippen LogP contribution < -0.4 is 0 Å². The van der Waals surface area contributed by atoms with Gasteiger partial charge in [-0.1, -0.05) is 12.5 Å². The van der Waals surface area contributed by atoms with Crippen molar-refractivity contribution in [1.82, 2.24) is 4.90 Å². The third kappa shape index (κ3) is 6.58. The van der Waals surface area contributed by atoms with E-state index in [4.69, 9.17) is 9.84 Å². The molecule has 0 bridgehead atoms. The Kier molecular flexibility index (Phi) is 7.85. The van der Waals surface area contributed by atoms with Crippen molar-refractivity contribution in [3.05, 3.63) is 11.6 Å². The van der Waals surface area contributed by atoms with Gasteiger partial charge in [-0.3, -0.25) is 4.90 Å². The highest BCUT2D eigenvalue weighted by Gasteiger charge is 2.12. The molecule has 0 saturated heterocycles.